The molecule has 0 aliphatic heterocycles. The molecule has 1 amide bonds. The number of aliphatic hydroxyl groups excluding tert-OH is 1. The van der Waals surface area contributed by atoms with Crippen LogP contribution in [0, 0.1) is 5.41 Å². The molecule has 5 nitrogen and oxygen atoms in total. The molecular weight excluding hydrogens is 280 g/mol. The fourth-order valence-corrected chi connectivity index (χ4v) is 2.42. The van der Waals surface area contributed by atoms with Gasteiger partial charge in [0.05, 0.1) is 11.3 Å². The minimum absolute atomic E-state index is 0.0904. The van der Waals surface area contributed by atoms with Crippen LogP contribution < -0.4 is 5.32 Å². The molecule has 2 rings (SSSR count). The number of aliphatic hydroxyl groups is 1. The molecule has 116 valence electrons. The average Bonchev–Trinajstić information content (AvgIpc) is 2.37. The highest BCUT2D eigenvalue weighted by molar-refractivity contribution is 6.14. The van der Waals surface area contributed by atoms with Gasteiger partial charge >= 0.3 is 0 Å². The maximum Gasteiger partial charge on any atom is 0.221 e. The number of allylic oxidation sites excluding steroid dienone is 2. The SMILES string of the molecule is CC(=O)Nc1ccc(N=CC2=C(O)CC(C)(C)CC2=O)cc1. The van der Waals surface area contributed by atoms with Crippen molar-refractivity contribution in [3.8, 4) is 0 Å². The molecular formula is C17H20N2O3. The van der Waals surface area contributed by atoms with Crippen LogP contribution in [0.25, 0.3) is 0 Å². The lowest BCUT2D eigenvalue weighted by Gasteiger charge is -2.28. The number of aliphatic imine (C=N–C) groups is 1. The van der Waals surface area contributed by atoms with Crippen molar-refractivity contribution < 1.29 is 14.7 Å². The quantitative estimate of drug-likeness (QED) is 0.838. The largest absolute Gasteiger partial charge is 0.511 e. The number of nitrogens with zero attached hydrogens (tertiary/aromatic N) is 1. The number of nitrogens with one attached hydrogen (secondary N) is 1. The molecule has 0 unspecified atom stereocenters. The first-order valence-electron chi connectivity index (χ1n) is 7.14. The zero-order valence-corrected chi connectivity index (χ0v) is 13.0. The van der Waals surface area contributed by atoms with Crippen molar-refractivity contribution in [1.29, 1.82) is 0 Å². The molecule has 1 aliphatic carbocycles. The second-order valence-corrected chi connectivity index (χ2v) is 6.29. The number of benzene rings is 1. The van der Waals surface area contributed by atoms with E-state index in [9.17, 15) is 14.7 Å². The van der Waals surface area contributed by atoms with E-state index in [1.807, 2.05) is 13.8 Å². The monoisotopic (exact) mass is 300 g/mol. The van der Waals surface area contributed by atoms with Crippen LogP contribution in [0.3, 0.4) is 0 Å². The summed E-state index contributed by atoms with van der Waals surface area (Å²) < 4.78 is 0. The van der Waals surface area contributed by atoms with E-state index in [0.717, 1.165) is 0 Å². The van der Waals surface area contributed by atoms with Crippen molar-refractivity contribution in [3.05, 3.63) is 35.6 Å². The summed E-state index contributed by atoms with van der Waals surface area (Å²) in [6.45, 7) is 5.35. The maximum atomic E-state index is 12.1. The molecule has 0 radical (unpaired) electrons. The van der Waals surface area contributed by atoms with E-state index in [-0.39, 0.29) is 28.4 Å². The second-order valence-electron chi connectivity index (χ2n) is 6.29. The highest BCUT2D eigenvalue weighted by atomic mass is 16.3. The number of hydrogen-bond donors (Lipinski definition) is 2. The van der Waals surface area contributed by atoms with Crippen LogP contribution in [-0.2, 0) is 9.59 Å². The molecule has 1 aromatic rings. The standard InChI is InChI=1S/C17H20N2O3/c1-11(20)19-13-6-4-12(5-7-13)18-10-14-15(21)8-17(2,3)9-16(14)22/h4-7,10,21H,8-9H2,1-3H3,(H,19,20). The normalized spacial score (nSPS) is 17.9. The summed E-state index contributed by atoms with van der Waals surface area (Å²) in [6.07, 6.45) is 2.29. The highest BCUT2D eigenvalue weighted by Gasteiger charge is 2.32. The minimum Gasteiger partial charge on any atom is -0.511 e. The third kappa shape index (κ3) is 4.04. The molecule has 22 heavy (non-hydrogen) atoms. The third-order valence-electron chi connectivity index (χ3n) is 3.43. The molecule has 0 bridgehead atoms. The zero-order valence-electron chi connectivity index (χ0n) is 13.0. The molecule has 1 aliphatic rings. The van der Waals surface area contributed by atoms with Crippen LogP contribution in [0.2, 0.25) is 0 Å². The zero-order chi connectivity index (χ0) is 16.3. The summed E-state index contributed by atoms with van der Waals surface area (Å²) in [7, 11) is 0. The predicted octanol–water partition coefficient (Wildman–Crippen LogP) is 3.55. The van der Waals surface area contributed by atoms with E-state index in [0.29, 0.717) is 24.2 Å². The summed E-state index contributed by atoms with van der Waals surface area (Å²) >= 11 is 0. The van der Waals surface area contributed by atoms with E-state index < -0.39 is 0 Å². The molecule has 0 aromatic heterocycles. The number of carbonyl (C=O) groups excluding carboxylic acids is 2. The molecule has 5 heteroatoms. The summed E-state index contributed by atoms with van der Waals surface area (Å²) in [5.41, 5.74) is 1.40. The lowest BCUT2D eigenvalue weighted by molar-refractivity contribution is -0.118. The van der Waals surface area contributed by atoms with E-state index in [1.54, 1.807) is 24.3 Å². The Labute approximate surface area is 129 Å². The first kappa shape index (κ1) is 15.9. The number of carbonyl (C=O) groups is 2. The minimum atomic E-state index is -0.210. The molecule has 0 atom stereocenters. The van der Waals surface area contributed by atoms with Gasteiger partial charge in [0.15, 0.2) is 5.78 Å². The number of Topliss-reactive ketones (excluding diaryl/α,β-unsaturated/α-hetero) is 1. The molecule has 1 aromatic carbocycles. The number of rotatable bonds is 3. The number of anilines is 1. The fraction of sp³-hybridized carbons (Fsp3) is 0.353. The number of hydrogen-bond acceptors (Lipinski definition) is 4. The molecule has 2 N–H and O–H groups in total. The van der Waals surface area contributed by atoms with Crippen molar-refractivity contribution >= 4 is 29.3 Å². The van der Waals surface area contributed by atoms with E-state index in [1.165, 1.54) is 13.1 Å². The summed E-state index contributed by atoms with van der Waals surface area (Å²) in [6, 6.07) is 6.93. The van der Waals surface area contributed by atoms with Crippen LogP contribution in [0.5, 0.6) is 0 Å². The van der Waals surface area contributed by atoms with Crippen molar-refractivity contribution in [2.24, 2.45) is 10.4 Å². The number of amides is 1. The topological polar surface area (TPSA) is 78.8 Å². The highest BCUT2D eigenvalue weighted by Crippen LogP contribution is 2.35. The Hall–Kier alpha value is -2.43. The van der Waals surface area contributed by atoms with Crippen molar-refractivity contribution in [2.45, 2.75) is 33.6 Å². The molecule has 0 saturated carbocycles. The Kier molecular flexibility index (Phi) is 4.45. The van der Waals surface area contributed by atoms with Gasteiger partial charge in [-0.1, -0.05) is 13.8 Å². The molecule has 0 spiro atoms. The van der Waals surface area contributed by atoms with E-state index >= 15 is 0 Å². The van der Waals surface area contributed by atoms with Gasteiger partial charge in [-0.05, 0) is 29.7 Å². The maximum absolute atomic E-state index is 12.1. The van der Waals surface area contributed by atoms with Gasteiger partial charge in [-0.15, -0.1) is 0 Å². The first-order valence-corrected chi connectivity index (χ1v) is 7.14. The van der Waals surface area contributed by atoms with Gasteiger partial charge in [-0.2, -0.15) is 0 Å². The Balaban J connectivity index is 2.14. The van der Waals surface area contributed by atoms with Gasteiger partial charge < -0.3 is 10.4 Å². The molecule has 0 fully saturated rings. The summed E-state index contributed by atoms with van der Waals surface area (Å²) in [5.74, 6) is -0.131. The fourth-order valence-electron chi connectivity index (χ4n) is 2.42. The van der Waals surface area contributed by atoms with Crippen LogP contribution in [0.15, 0.2) is 40.6 Å². The van der Waals surface area contributed by atoms with Gasteiger partial charge in [0.25, 0.3) is 0 Å². The third-order valence-corrected chi connectivity index (χ3v) is 3.43. The number of ketones is 1. The van der Waals surface area contributed by atoms with Crippen LogP contribution >= 0.6 is 0 Å². The first-order chi connectivity index (χ1) is 10.3. The van der Waals surface area contributed by atoms with Gasteiger partial charge in [0.1, 0.15) is 5.76 Å². The Morgan fingerprint density at radius 1 is 1.27 bits per heavy atom. The molecule has 0 saturated heterocycles. The van der Waals surface area contributed by atoms with Gasteiger partial charge in [0, 0.05) is 31.7 Å². The average molecular weight is 300 g/mol. The lowest BCUT2D eigenvalue weighted by atomic mass is 9.77. The van der Waals surface area contributed by atoms with E-state index in [2.05, 4.69) is 10.3 Å². The van der Waals surface area contributed by atoms with Gasteiger partial charge in [-0.3, -0.25) is 14.6 Å². The van der Waals surface area contributed by atoms with Crippen molar-refractivity contribution in [1.82, 2.24) is 0 Å². The van der Waals surface area contributed by atoms with Gasteiger partial charge in [0.2, 0.25) is 5.91 Å². The van der Waals surface area contributed by atoms with Gasteiger partial charge in [-0.25, -0.2) is 0 Å². The van der Waals surface area contributed by atoms with Crippen LogP contribution in [0.1, 0.15) is 33.6 Å². The lowest BCUT2D eigenvalue weighted by Crippen LogP contribution is -2.26. The summed E-state index contributed by atoms with van der Waals surface area (Å²) in [5, 5.41) is 12.7. The second kappa shape index (κ2) is 6.13. The van der Waals surface area contributed by atoms with Crippen LogP contribution in [-0.4, -0.2) is 23.0 Å². The Morgan fingerprint density at radius 3 is 2.45 bits per heavy atom. The Bertz CT molecular complexity index is 655. The molecule has 0 heterocycles. The predicted molar refractivity (Wildman–Crippen MR) is 86.6 cm³/mol. The van der Waals surface area contributed by atoms with E-state index in [4.69, 9.17) is 0 Å². The van der Waals surface area contributed by atoms with Crippen LogP contribution in [0.4, 0.5) is 11.4 Å². The van der Waals surface area contributed by atoms with Crippen molar-refractivity contribution in [3.63, 3.8) is 0 Å². The van der Waals surface area contributed by atoms with Crippen molar-refractivity contribution in [2.75, 3.05) is 5.32 Å². The summed E-state index contributed by atoms with van der Waals surface area (Å²) in [4.78, 5) is 27.2. The smallest absolute Gasteiger partial charge is 0.221 e. The Morgan fingerprint density at radius 2 is 1.91 bits per heavy atom.